The Morgan fingerprint density at radius 2 is 1.86 bits per heavy atom. The lowest BCUT2D eigenvalue weighted by Gasteiger charge is -2.65. The molecule has 3 nitrogen and oxygen atoms in total. The maximum absolute atomic E-state index is 12.7. The molecule has 0 heterocycles. The lowest BCUT2D eigenvalue weighted by Crippen LogP contribution is -2.61. The molecule has 0 saturated heterocycles. The first-order valence-corrected chi connectivity index (χ1v) is 11.3. The highest BCUT2D eigenvalue weighted by atomic mass is 16.5. The summed E-state index contributed by atoms with van der Waals surface area (Å²) in [6.45, 7) is 15.2. The molecule has 0 unspecified atom stereocenters. The largest absolute Gasteiger partial charge is 0.454 e. The lowest BCUT2D eigenvalue weighted by atomic mass is 9.40. The van der Waals surface area contributed by atoms with Gasteiger partial charge in [0.15, 0.2) is 0 Å². The molecule has 7 atom stereocenters. The number of ether oxygens (including phenoxy) is 1. The Kier molecular flexibility index (Phi) is 4.65. The van der Waals surface area contributed by atoms with Gasteiger partial charge in [0.1, 0.15) is 6.10 Å². The van der Waals surface area contributed by atoms with E-state index in [1.165, 1.54) is 12.8 Å². The van der Waals surface area contributed by atoms with E-state index in [4.69, 9.17) is 4.74 Å². The summed E-state index contributed by atoms with van der Waals surface area (Å²) in [5, 5.41) is 10.7. The number of allylic oxidation sites excluding steroid dienone is 1. The molecule has 0 aromatic rings. The Morgan fingerprint density at radius 1 is 1.14 bits per heavy atom. The number of aliphatic hydroxyl groups excluding tert-OH is 1. The van der Waals surface area contributed by atoms with Gasteiger partial charge in [-0.05, 0) is 93.0 Å². The van der Waals surface area contributed by atoms with Crippen molar-refractivity contribution in [2.75, 3.05) is 0 Å². The number of carbonyl (C=O) groups excluding carboxylic acids is 1. The standard InChI is InChI=1S/C25H38O3/c1-7-15(2)22(27)28-21-16(3)17-8-9-19-24(6)12-11-20(26)23(4,5)18(24)10-13-25(19,21)14-17/h7,17-21,26H,3,8-14H2,1-2,4-6H3/b15-7+/t17-,18+,19-,20+,21-,24+,25-/m1/s1. The van der Waals surface area contributed by atoms with Gasteiger partial charge in [0.25, 0.3) is 0 Å². The Morgan fingerprint density at radius 3 is 2.54 bits per heavy atom. The summed E-state index contributed by atoms with van der Waals surface area (Å²) in [4.78, 5) is 12.7. The van der Waals surface area contributed by atoms with Crippen molar-refractivity contribution in [2.24, 2.45) is 34.0 Å². The molecule has 3 heteroatoms. The van der Waals surface area contributed by atoms with Crippen LogP contribution in [-0.2, 0) is 9.53 Å². The van der Waals surface area contributed by atoms with Crippen molar-refractivity contribution in [1.82, 2.24) is 0 Å². The van der Waals surface area contributed by atoms with E-state index in [2.05, 4.69) is 27.4 Å². The van der Waals surface area contributed by atoms with E-state index in [1.807, 2.05) is 19.9 Å². The van der Waals surface area contributed by atoms with Crippen molar-refractivity contribution >= 4 is 5.97 Å². The molecule has 4 aliphatic rings. The van der Waals surface area contributed by atoms with E-state index in [9.17, 15) is 9.90 Å². The summed E-state index contributed by atoms with van der Waals surface area (Å²) >= 11 is 0. The van der Waals surface area contributed by atoms with Crippen molar-refractivity contribution in [3.8, 4) is 0 Å². The van der Waals surface area contributed by atoms with Gasteiger partial charge in [-0.25, -0.2) is 4.79 Å². The predicted molar refractivity (Wildman–Crippen MR) is 112 cm³/mol. The topological polar surface area (TPSA) is 46.5 Å². The summed E-state index contributed by atoms with van der Waals surface area (Å²) < 4.78 is 6.19. The van der Waals surface area contributed by atoms with E-state index in [-0.39, 0.29) is 34.4 Å². The molecule has 1 N–H and O–H groups in total. The number of hydrogen-bond acceptors (Lipinski definition) is 3. The van der Waals surface area contributed by atoms with Crippen molar-refractivity contribution in [1.29, 1.82) is 0 Å². The van der Waals surface area contributed by atoms with Crippen molar-refractivity contribution in [3.63, 3.8) is 0 Å². The average Bonchev–Trinajstić information content (AvgIpc) is 2.84. The average molecular weight is 387 g/mol. The summed E-state index contributed by atoms with van der Waals surface area (Å²) in [5.74, 6) is 1.39. The van der Waals surface area contributed by atoms with Crippen LogP contribution in [0, 0.1) is 34.0 Å². The molecule has 28 heavy (non-hydrogen) atoms. The van der Waals surface area contributed by atoms with E-state index in [0.29, 0.717) is 23.3 Å². The second-order valence-electron chi connectivity index (χ2n) is 11.1. The third-order valence-electron chi connectivity index (χ3n) is 9.69. The number of aliphatic hydroxyl groups is 1. The number of carbonyl (C=O) groups is 1. The molecular weight excluding hydrogens is 348 g/mol. The van der Waals surface area contributed by atoms with Crippen LogP contribution in [0.3, 0.4) is 0 Å². The van der Waals surface area contributed by atoms with Gasteiger partial charge in [0.2, 0.25) is 0 Å². The molecule has 4 saturated carbocycles. The molecule has 0 aromatic carbocycles. The molecular formula is C25H38O3. The van der Waals surface area contributed by atoms with Gasteiger partial charge in [0.05, 0.1) is 6.10 Å². The molecule has 0 aromatic heterocycles. The van der Waals surface area contributed by atoms with Gasteiger partial charge < -0.3 is 9.84 Å². The van der Waals surface area contributed by atoms with E-state index < -0.39 is 0 Å². The first-order chi connectivity index (χ1) is 13.1. The van der Waals surface area contributed by atoms with Crippen LogP contribution in [0.1, 0.15) is 79.6 Å². The zero-order chi connectivity index (χ0) is 20.5. The van der Waals surface area contributed by atoms with Crippen molar-refractivity contribution in [3.05, 3.63) is 23.8 Å². The Hall–Kier alpha value is -1.09. The summed E-state index contributed by atoms with van der Waals surface area (Å²) in [6, 6.07) is 0. The van der Waals surface area contributed by atoms with Crippen LogP contribution >= 0.6 is 0 Å². The Labute approximate surface area is 170 Å². The van der Waals surface area contributed by atoms with Crippen LogP contribution in [0.15, 0.2) is 23.8 Å². The minimum absolute atomic E-state index is 0.0468. The first-order valence-electron chi connectivity index (χ1n) is 11.3. The highest BCUT2D eigenvalue weighted by Gasteiger charge is 2.68. The highest BCUT2D eigenvalue weighted by molar-refractivity contribution is 5.88. The third-order valence-corrected chi connectivity index (χ3v) is 9.69. The van der Waals surface area contributed by atoms with E-state index >= 15 is 0 Å². The molecule has 2 bridgehead atoms. The van der Waals surface area contributed by atoms with Gasteiger partial charge >= 0.3 is 5.97 Å². The van der Waals surface area contributed by atoms with Crippen LogP contribution in [-0.4, -0.2) is 23.3 Å². The SMILES string of the molecule is C=C1[C@@H]2CC[C@@H]3[C@@]4(C)CC[C@H](O)C(C)(C)[C@@H]4CC[C@]3(C2)[C@@H]1OC(=O)/C(C)=C/C. The normalized spacial score (nSPS) is 47.3. The fourth-order valence-electron chi connectivity index (χ4n) is 8.06. The maximum Gasteiger partial charge on any atom is 0.333 e. The molecule has 0 radical (unpaired) electrons. The van der Waals surface area contributed by atoms with Crippen LogP contribution in [0.2, 0.25) is 0 Å². The van der Waals surface area contributed by atoms with Crippen LogP contribution in [0.25, 0.3) is 0 Å². The van der Waals surface area contributed by atoms with Gasteiger partial charge in [-0.15, -0.1) is 0 Å². The quantitative estimate of drug-likeness (QED) is 0.391. The minimum atomic E-state index is -0.208. The minimum Gasteiger partial charge on any atom is -0.454 e. The van der Waals surface area contributed by atoms with Crippen LogP contribution in [0.4, 0.5) is 0 Å². The van der Waals surface area contributed by atoms with Gasteiger partial charge in [-0.1, -0.05) is 33.4 Å². The summed E-state index contributed by atoms with van der Waals surface area (Å²) in [7, 11) is 0. The van der Waals surface area contributed by atoms with E-state index in [1.54, 1.807) is 0 Å². The fraction of sp³-hybridized carbons (Fsp3) is 0.800. The van der Waals surface area contributed by atoms with Crippen LogP contribution in [0.5, 0.6) is 0 Å². The monoisotopic (exact) mass is 386 g/mol. The smallest absolute Gasteiger partial charge is 0.333 e. The van der Waals surface area contributed by atoms with Gasteiger partial charge in [-0.2, -0.15) is 0 Å². The van der Waals surface area contributed by atoms with Gasteiger partial charge in [0, 0.05) is 11.0 Å². The lowest BCUT2D eigenvalue weighted by molar-refractivity contribution is -0.201. The molecule has 4 aliphatic carbocycles. The molecule has 0 amide bonds. The zero-order valence-electron chi connectivity index (χ0n) is 18.4. The molecule has 4 fully saturated rings. The number of fused-ring (bicyclic) bond motifs is 3. The second-order valence-corrected chi connectivity index (χ2v) is 11.1. The number of esters is 1. The molecule has 4 rings (SSSR count). The second kappa shape index (κ2) is 6.45. The molecule has 156 valence electrons. The van der Waals surface area contributed by atoms with E-state index in [0.717, 1.165) is 37.7 Å². The number of hydrogen-bond donors (Lipinski definition) is 1. The fourth-order valence-corrected chi connectivity index (χ4v) is 8.06. The maximum atomic E-state index is 12.7. The van der Waals surface area contributed by atoms with Crippen LogP contribution < -0.4 is 0 Å². The van der Waals surface area contributed by atoms with Crippen molar-refractivity contribution in [2.45, 2.75) is 91.8 Å². The van der Waals surface area contributed by atoms with Crippen molar-refractivity contribution < 1.29 is 14.6 Å². The molecule has 0 aliphatic heterocycles. The highest BCUT2D eigenvalue weighted by Crippen LogP contribution is 2.72. The zero-order valence-corrected chi connectivity index (χ0v) is 18.4. The Bertz CT molecular complexity index is 719. The molecule has 1 spiro atoms. The summed E-state index contributed by atoms with van der Waals surface area (Å²) in [5.41, 5.74) is 2.06. The number of rotatable bonds is 2. The predicted octanol–water partition coefficient (Wildman–Crippen LogP) is 5.43. The first kappa shape index (κ1) is 20.2. The Balaban J connectivity index is 1.72. The summed E-state index contributed by atoms with van der Waals surface area (Å²) in [6.07, 6.45) is 9.19. The van der Waals surface area contributed by atoms with Gasteiger partial charge in [-0.3, -0.25) is 0 Å². The third kappa shape index (κ3) is 2.54.